The summed E-state index contributed by atoms with van der Waals surface area (Å²) in [5.74, 6) is 0. The van der Waals surface area contributed by atoms with Gasteiger partial charge in [-0.3, -0.25) is 10.1 Å². The lowest BCUT2D eigenvalue weighted by molar-refractivity contribution is -0.384. The molecule has 2 rings (SSSR count). The molecule has 2 N–H and O–H groups in total. The van der Waals surface area contributed by atoms with Crippen LogP contribution in [0.5, 0.6) is 0 Å². The minimum atomic E-state index is -1.06. The van der Waals surface area contributed by atoms with Crippen LogP contribution in [-0.2, 0) is 5.60 Å². The molecule has 1 aromatic heterocycles. The van der Waals surface area contributed by atoms with Crippen LogP contribution < -0.4 is 5.32 Å². The number of nitrogens with one attached hydrogen (secondary N) is 1. The van der Waals surface area contributed by atoms with Gasteiger partial charge in [-0.1, -0.05) is 12.1 Å². The number of nitrogens with zero attached hydrogens (tertiary/aromatic N) is 1. The van der Waals surface area contributed by atoms with Crippen molar-refractivity contribution in [1.29, 1.82) is 0 Å². The number of thiophene rings is 1. The molecule has 1 heterocycles. The topological polar surface area (TPSA) is 75.4 Å². The summed E-state index contributed by atoms with van der Waals surface area (Å²) in [7, 11) is 0. The van der Waals surface area contributed by atoms with Gasteiger partial charge in [-0.05, 0) is 36.9 Å². The highest BCUT2D eigenvalue weighted by Gasteiger charge is 2.25. The summed E-state index contributed by atoms with van der Waals surface area (Å²) in [5.41, 5.74) is 0.198. The van der Waals surface area contributed by atoms with Crippen LogP contribution in [0, 0.1) is 17.0 Å². The van der Waals surface area contributed by atoms with Crippen molar-refractivity contribution in [3.8, 4) is 0 Å². The third kappa shape index (κ3) is 3.15. The molecular formula is C14H16N2O3S. The Morgan fingerprint density at radius 3 is 2.80 bits per heavy atom. The van der Waals surface area contributed by atoms with Crippen LogP contribution in [0.15, 0.2) is 35.7 Å². The Labute approximate surface area is 121 Å². The summed E-state index contributed by atoms with van der Waals surface area (Å²) < 4.78 is 0. The molecule has 0 saturated carbocycles. The highest BCUT2D eigenvalue weighted by molar-refractivity contribution is 7.10. The standard InChI is InChI=1S/C14H16N2O3S/c1-10-5-6-11(12(8-10)16(18)19)15-9-14(2,17)13-4-3-7-20-13/h3-8,15,17H,9H2,1-2H3. The van der Waals surface area contributed by atoms with Gasteiger partial charge in [0.05, 0.1) is 4.92 Å². The second-order valence-corrected chi connectivity index (χ2v) is 5.83. The van der Waals surface area contributed by atoms with Gasteiger partial charge >= 0.3 is 0 Å². The molecule has 0 fully saturated rings. The largest absolute Gasteiger partial charge is 0.383 e. The Bertz CT molecular complexity index is 609. The predicted octanol–water partition coefficient (Wildman–Crippen LogP) is 3.28. The van der Waals surface area contributed by atoms with Gasteiger partial charge in [-0.2, -0.15) is 0 Å². The lowest BCUT2D eigenvalue weighted by Gasteiger charge is -2.22. The highest BCUT2D eigenvalue weighted by atomic mass is 32.1. The zero-order valence-corrected chi connectivity index (χ0v) is 12.1. The lowest BCUT2D eigenvalue weighted by atomic mass is 10.0. The third-order valence-corrected chi connectivity index (χ3v) is 4.15. The monoisotopic (exact) mass is 292 g/mol. The van der Waals surface area contributed by atoms with Crippen LogP contribution in [0.25, 0.3) is 0 Å². The average Bonchev–Trinajstić information content (AvgIpc) is 2.91. The molecule has 2 aromatic rings. The molecule has 6 heteroatoms. The fourth-order valence-corrected chi connectivity index (χ4v) is 2.67. The third-order valence-electron chi connectivity index (χ3n) is 3.02. The van der Waals surface area contributed by atoms with Gasteiger partial charge in [-0.15, -0.1) is 11.3 Å². The molecule has 20 heavy (non-hydrogen) atoms. The zero-order chi connectivity index (χ0) is 14.8. The van der Waals surface area contributed by atoms with E-state index >= 15 is 0 Å². The first-order chi connectivity index (χ1) is 9.40. The second kappa shape index (κ2) is 5.60. The molecule has 0 aliphatic heterocycles. The maximum absolute atomic E-state index is 11.0. The molecule has 106 valence electrons. The summed E-state index contributed by atoms with van der Waals surface area (Å²) in [6.07, 6.45) is 0. The van der Waals surface area contributed by atoms with Gasteiger partial charge in [0, 0.05) is 17.5 Å². The first-order valence-corrected chi connectivity index (χ1v) is 7.03. The van der Waals surface area contributed by atoms with Crippen molar-refractivity contribution in [3.05, 3.63) is 56.3 Å². The molecule has 0 aliphatic rings. The van der Waals surface area contributed by atoms with Crippen LogP contribution in [0.2, 0.25) is 0 Å². The molecule has 1 aromatic carbocycles. The Balaban J connectivity index is 2.17. The molecule has 5 nitrogen and oxygen atoms in total. The highest BCUT2D eigenvalue weighted by Crippen LogP contribution is 2.29. The van der Waals surface area contributed by atoms with E-state index in [0.29, 0.717) is 5.69 Å². The molecule has 0 aliphatic carbocycles. The Hall–Kier alpha value is -1.92. The molecule has 0 bridgehead atoms. The maximum atomic E-state index is 11.0. The van der Waals surface area contributed by atoms with E-state index < -0.39 is 10.5 Å². The molecule has 0 saturated heterocycles. The summed E-state index contributed by atoms with van der Waals surface area (Å²) in [6, 6.07) is 8.69. The summed E-state index contributed by atoms with van der Waals surface area (Å²) in [5, 5.41) is 26.3. The van der Waals surface area contributed by atoms with Crippen LogP contribution in [0.4, 0.5) is 11.4 Å². The molecular weight excluding hydrogens is 276 g/mol. The van der Waals surface area contributed by atoms with Crippen molar-refractivity contribution in [3.63, 3.8) is 0 Å². The van der Waals surface area contributed by atoms with Crippen LogP contribution in [0.1, 0.15) is 17.4 Å². The number of rotatable bonds is 5. The first-order valence-electron chi connectivity index (χ1n) is 6.15. The van der Waals surface area contributed by atoms with Gasteiger partial charge in [0.25, 0.3) is 5.69 Å². The van der Waals surface area contributed by atoms with E-state index in [9.17, 15) is 15.2 Å². The second-order valence-electron chi connectivity index (χ2n) is 4.88. The van der Waals surface area contributed by atoms with Crippen molar-refractivity contribution < 1.29 is 10.0 Å². The number of hydrogen-bond acceptors (Lipinski definition) is 5. The Kier molecular flexibility index (Phi) is 4.06. The SMILES string of the molecule is Cc1ccc(NCC(C)(O)c2cccs2)c([N+](=O)[O-])c1. The van der Waals surface area contributed by atoms with E-state index in [2.05, 4.69) is 5.32 Å². The molecule has 0 radical (unpaired) electrons. The average molecular weight is 292 g/mol. The van der Waals surface area contributed by atoms with Gasteiger partial charge < -0.3 is 10.4 Å². The zero-order valence-electron chi connectivity index (χ0n) is 11.3. The number of aliphatic hydroxyl groups is 1. The Morgan fingerprint density at radius 1 is 1.45 bits per heavy atom. The number of hydrogen-bond donors (Lipinski definition) is 2. The van der Waals surface area contributed by atoms with Gasteiger partial charge in [0.2, 0.25) is 0 Å². The minimum Gasteiger partial charge on any atom is -0.383 e. The quantitative estimate of drug-likeness (QED) is 0.655. The van der Waals surface area contributed by atoms with Crippen molar-refractivity contribution in [2.45, 2.75) is 19.4 Å². The van der Waals surface area contributed by atoms with Gasteiger partial charge in [-0.25, -0.2) is 0 Å². The van der Waals surface area contributed by atoms with Crippen molar-refractivity contribution in [1.82, 2.24) is 0 Å². The number of nitro groups is 1. The number of aryl methyl sites for hydroxylation is 1. The van der Waals surface area contributed by atoms with Crippen molar-refractivity contribution in [2.24, 2.45) is 0 Å². The van der Waals surface area contributed by atoms with E-state index in [-0.39, 0.29) is 12.2 Å². The number of anilines is 1. The van der Waals surface area contributed by atoms with Gasteiger partial charge in [0.15, 0.2) is 0 Å². The van der Waals surface area contributed by atoms with Crippen molar-refractivity contribution >= 4 is 22.7 Å². The first kappa shape index (κ1) is 14.5. The van der Waals surface area contributed by atoms with Crippen molar-refractivity contribution in [2.75, 3.05) is 11.9 Å². The van der Waals surface area contributed by atoms with Crippen LogP contribution in [-0.4, -0.2) is 16.6 Å². The van der Waals surface area contributed by atoms with Crippen LogP contribution >= 0.6 is 11.3 Å². The lowest BCUT2D eigenvalue weighted by Crippen LogP contribution is -2.29. The Morgan fingerprint density at radius 2 is 2.20 bits per heavy atom. The number of nitro benzene ring substituents is 1. The summed E-state index contributed by atoms with van der Waals surface area (Å²) in [6.45, 7) is 3.70. The normalized spacial score (nSPS) is 13.8. The molecule has 1 atom stereocenters. The van der Waals surface area contributed by atoms with Crippen LogP contribution in [0.3, 0.4) is 0 Å². The molecule has 0 spiro atoms. The van der Waals surface area contributed by atoms with Gasteiger partial charge in [0.1, 0.15) is 11.3 Å². The number of benzene rings is 1. The predicted molar refractivity (Wildman–Crippen MR) is 80.2 cm³/mol. The molecule has 0 amide bonds. The fraction of sp³-hybridized carbons (Fsp3) is 0.286. The fourth-order valence-electron chi connectivity index (χ4n) is 1.88. The summed E-state index contributed by atoms with van der Waals surface area (Å²) >= 11 is 1.45. The maximum Gasteiger partial charge on any atom is 0.292 e. The summed E-state index contributed by atoms with van der Waals surface area (Å²) in [4.78, 5) is 11.4. The van der Waals surface area contributed by atoms with E-state index in [4.69, 9.17) is 0 Å². The van der Waals surface area contributed by atoms with E-state index in [1.807, 2.05) is 17.5 Å². The van der Waals surface area contributed by atoms with E-state index in [0.717, 1.165) is 10.4 Å². The molecule has 1 unspecified atom stereocenters. The minimum absolute atomic E-state index is 0.0204. The van der Waals surface area contributed by atoms with E-state index in [1.54, 1.807) is 26.0 Å². The smallest absolute Gasteiger partial charge is 0.292 e. The van der Waals surface area contributed by atoms with E-state index in [1.165, 1.54) is 17.4 Å².